The molecule has 0 amide bonds. The minimum absolute atomic E-state index is 0.0391. The number of hydrogen-bond acceptors (Lipinski definition) is 4. The first-order chi connectivity index (χ1) is 11.7. The van der Waals surface area contributed by atoms with Crippen LogP contribution >= 0.6 is 27.3 Å². The number of aryl methyl sites for hydroxylation is 1. The van der Waals surface area contributed by atoms with E-state index in [1.165, 1.54) is 5.56 Å². The fourth-order valence-corrected chi connectivity index (χ4v) is 3.99. The number of aromatic nitrogens is 1. The van der Waals surface area contributed by atoms with Crippen molar-refractivity contribution in [3.05, 3.63) is 49.9 Å². The van der Waals surface area contributed by atoms with E-state index in [0.29, 0.717) is 13.0 Å². The van der Waals surface area contributed by atoms with Gasteiger partial charge in [-0.3, -0.25) is 4.79 Å². The summed E-state index contributed by atoms with van der Waals surface area (Å²) in [6.07, 6.45) is 1.09. The van der Waals surface area contributed by atoms with Gasteiger partial charge in [0.2, 0.25) is 0 Å². The SMILES string of the molecule is CCOC(=O)CC(Cc1csc(C)n1)c1cc(C(C)(C)C)ccc1Br. The molecule has 0 spiro atoms. The van der Waals surface area contributed by atoms with Crippen molar-refractivity contribution in [3.63, 3.8) is 0 Å². The number of carbonyl (C=O) groups is 1. The highest BCUT2D eigenvalue weighted by Crippen LogP contribution is 2.35. The third-order valence-corrected chi connectivity index (χ3v) is 5.69. The molecule has 0 aliphatic rings. The molecule has 1 aromatic heterocycles. The van der Waals surface area contributed by atoms with Gasteiger partial charge in [0.05, 0.1) is 23.7 Å². The molecule has 0 aliphatic heterocycles. The van der Waals surface area contributed by atoms with E-state index in [2.05, 4.69) is 65.3 Å². The van der Waals surface area contributed by atoms with E-state index in [1.807, 2.05) is 13.8 Å². The first-order valence-corrected chi connectivity index (χ1v) is 10.2. The first kappa shape index (κ1) is 20.1. The van der Waals surface area contributed by atoms with Gasteiger partial charge in [0.15, 0.2) is 0 Å². The Kier molecular flexibility index (Phi) is 6.80. The van der Waals surface area contributed by atoms with Gasteiger partial charge in [0, 0.05) is 15.8 Å². The number of hydrogen-bond donors (Lipinski definition) is 0. The van der Waals surface area contributed by atoms with Gasteiger partial charge in [0.1, 0.15) is 0 Å². The lowest BCUT2D eigenvalue weighted by molar-refractivity contribution is -0.143. The predicted molar refractivity (Wildman–Crippen MR) is 107 cm³/mol. The molecule has 0 bridgehead atoms. The van der Waals surface area contributed by atoms with Crippen molar-refractivity contribution in [2.24, 2.45) is 0 Å². The Morgan fingerprint density at radius 1 is 1.36 bits per heavy atom. The number of rotatable bonds is 6. The molecule has 0 N–H and O–H groups in total. The van der Waals surface area contributed by atoms with Crippen LogP contribution in [0.2, 0.25) is 0 Å². The van der Waals surface area contributed by atoms with Gasteiger partial charge < -0.3 is 4.74 Å². The van der Waals surface area contributed by atoms with E-state index in [4.69, 9.17) is 4.74 Å². The number of carbonyl (C=O) groups excluding carboxylic acids is 1. The highest BCUT2D eigenvalue weighted by molar-refractivity contribution is 9.10. The predicted octanol–water partition coefficient (Wildman–Crippen LogP) is 5.79. The van der Waals surface area contributed by atoms with Crippen molar-refractivity contribution >= 4 is 33.2 Å². The van der Waals surface area contributed by atoms with E-state index in [0.717, 1.165) is 27.2 Å². The van der Waals surface area contributed by atoms with Crippen LogP contribution in [-0.2, 0) is 21.4 Å². The van der Waals surface area contributed by atoms with Crippen molar-refractivity contribution in [3.8, 4) is 0 Å². The standard InChI is InChI=1S/C20H26BrNO2S/c1-6-24-19(23)10-14(9-16-12-25-13(2)22-16)17-11-15(20(3,4)5)7-8-18(17)21/h7-8,11-12,14H,6,9-10H2,1-5H3. The van der Waals surface area contributed by atoms with Gasteiger partial charge in [-0.05, 0) is 42.9 Å². The van der Waals surface area contributed by atoms with Crippen LogP contribution in [0.4, 0.5) is 0 Å². The Hall–Kier alpha value is -1.20. The number of ether oxygens (including phenoxy) is 1. The van der Waals surface area contributed by atoms with E-state index in [1.54, 1.807) is 11.3 Å². The Morgan fingerprint density at radius 3 is 2.64 bits per heavy atom. The maximum atomic E-state index is 12.2. The van der Waals surface area contributed by atoms with Gasteiger partial charge in [-0.15, -0.1) is 11.3 Å². The number of esters is 1. The summed E-state index contributed by atoms with van der Waals surface area (Å²) in [5.41, 5.74) is 3.49. The Morgan fingerprint density at radius 2 is 2.08 bits per heavy atom. The van der Waals surface area contributed by atoms with Crippen LogP contribution in [0.1, 0.15) is 61.9 Å². The van der Waals surface area contributed by atoms with Crippen LogP contribution in [0.25, 0.3) is 0 Å². The molecule has 5 heteroatoms. The van der Waals surface area contributed by atoms with Crippen LogP contribution in [0.15, 0.2) is 28.1 Å². The van der Waals surface area contributed by atoms with Crippen LogP contribution in [0.5, 0.6) is 0 Å². The number of nitrogens with zero attached hydrogens (tertiary/aromatic N) is 1. The largest absolute Gasteiger partial charge is 0.466 e. The average molecular weight is 424 g/mol. The topological polar surface area (TPSA) is 39.2 Å². The molecule has 0 saturated carbocycles. The molecule has 3 nitrogen and oxygen atoms in total. The van der Waals surface area contributed by atoms with Crippen molar-refractivity contribution in [2.75, 3.05) is 6.61 Å². The summed E-state index contributed by atoms with van der Waals surface area (Å²) in [6, 6.07) is 6.44. The van der Waals surface area contributed by atoms with Crippen molar-refractivity contribution in [1.29, 1.82) is 0 Å². The zero-order valence-corrected chi connectivity index (χ0v) is 18.0. The molecule has 1 atom stereocenters. The Labute approximate surface area is 163 Å². The normalized spacial score (nSPS) is 12.9. The van der Waals surface area contributed by atoms with Crippen LogP contribution in [-0.4, -0.2) is 17.6 Å². The molecule has 0 radical (unpaired) electrons. The third-order valence-electron chi connectivity index (χ3n) is 4.14. The molecule has 1 aromatic carbocycles. The number of halogens is 1. The summed E-state index contributed by atoms with van der Waals surface area (Å²) in [5, 5.41) is 3.13. The summed E-state index contributed by atoms with van der Waals surface area (Å²) < 4.78 is 6.23. The van der Waals surface area contributed by atoms with Gasteiger partial charge in [0.25, 0.3) is 0 Å². The van der Waals surface area contributed by atoms with Gasteiger partial charge in [-0.25, -0.2) is 4.98 Å². The van der Waals surface area contributed by atoms with E-state index < -0.39 is 0 Å². The molecule has 1 heterocycles. The van der Waals surface area contributed by atoms with Crippen molar-refractivity contribution in [2.45, 2.75) is 58.8 Å². The average Bonchev–Trinajstić information content (AvgIpc) is 2.91. The highest BCUT2D eigenvalue weighted by atomic mass is 79.9. The summed E-state index contributed by atoms with van der Waals surface area (Å²) in [7, 11) is 0. The molecule has 1 unspecified atom stereocenters. The van der Waals surface area contributed by atoms with Crippen LogP contribution < -0.4 is 0 Å². The van der Waals surface area contributed by atoms with E-state index in [-0.39, 0.29) is 17.3 Å². The lowest BCUT2D eigenvalue weighted by atomic mass is 9.83. The molecule has 136 valence electrons. The van der Waals surface area contributed by atoms with Crippen LogP contribution in [0, 0.1) is 6.92 Å². The van der Waals surface area contributed by atoms with Crippen molar-refractivity contribution in [1.82, 2.24) is 4.98 Å². The summed E-state index contributed by atoms with van der Waals surface area (Å²) >= 11 is 5.32. The third kappa shape index (κ3) is 5.65. The summed E-state index contributed by atoms with van der Waals surface area (Å²) in [6.45, 7) is 10.8. The van der Waals surface area contributed by atoms with E-state index >= 15 is 0 Å². The quantitative estimate of drug-likeness (QED) is 0.551. The lowest BCUT2D eigenvalue weighted by Crippen LogP contribution is -2.16. The fourth-order valence-electron chi connectivity index (χ4n) is 2.79. The molecule has 25 heavy (non-hydrogen) atoms. The molecule has 0 aliphatic carbocycles. The zero-order valence-electron chi connectivity index (χ0n) is 15.6. The van der Waals surface area contributed by atoms with Gasteiger partial charge >= 0.3 is 5.97 Å². The molecular weight excluding hydrogens is 398 g/mol. The van der Waals surface area contributed by atoms with Crippen LogP contribution in [0.3, 0.4) is 0 Å². The van der Waals surface area contributed by atoms with Crippen molar-refractivity contribution < 1.29 is 9.53 Å². The molecule has 2 rings (SSSR count). The van der Waals surface area contributed by atoms with Gasteiger partial charge in [-0.1, -0.05) is 48.8 Å². The second-order valence-corrected chi connectivity index (χ2v) is 9.17. The first-order valence-electron chi connectivity index (χ1n) is 8.57. The van der Waals surface area contributed by atoms with E-state index in [9.17, 15) is 4.79 Å². The summed E-state index contributed by atoms with van der Waals surface area (Å²) in [5.74, 6) is -0.121. The maximum Gasteiger partial charge on any atom is 0.306 e. The minimum atomic E-state index is -0.160. The summed E-state index contributed by atoms with van der Waals surface area (Å²) in [4.78, 5) is 16.7. The monoisotopic (exact) mass is 423 g/mol. The minimum Gasteiger partial charge on any atom is -0.466 e. The lowest BCUT2D eigenvalue weighted by Gasteiger charge is -2.23. The molecule has 0 fully saturated rings. The fraction of sp³-hybridized carbons (Fsp3) is 0.500. The Bertz CT molecular complexity index is 734. The molecular formula is C20H26BrNO2S. The smallest absolute Gasteiger partial charge is 0.306 e. The Balaban J connectivity index is 2.38. The zero-order chi connectivity index (χ0) is 18.6. The molecule has 2 aromatic rings. The number of benzene rings is 1. The highest BCUT2D eigenvalue weighted by Gasteiger charge is 2.23. The number of thiazole rings is 1. The maximum absolute atomic E-state index is 12.2. The second kappa shape index (κ2) is 8.45. The van der Waals surface area contributed by atoms with Gasteiger partial charge in [-0.2, -0.15) is 0 Å². The second-order valence-electron chi connectivity index (χ2n) is 7.25. The molecule has 0 saturated heterocycles.